The van der Waals surface area contributed by atoms with Crippen LogP contribution in [0.4, 0.5) is 0 Å². The fourth-order valence-electron chi connectivity index (χ4n) is 1.73. The van der Waals surface area contributed by atoms with E-state index in [-0.39, 0.29) is 6.61 Å². The zero-order valence-electron chi connectivity index (χ0n) is 8.11. The van der Waals surface area contributed by atoms with Crippen LogP contribution >= 0.6 is 0 Å². The van der Waals surface area contributed by atoms with Crippen LogP contribution in [0.3, 0.4) is 0 Å². The Kier molecular flexibility index (Phi) is 3.16. The minimum absolute atomic E-state index is 0.0509. The Morgan fingerprint density at radius 2 is 2.50 bits per heavy atom. The highest BCUT2D eigenvalue weighted by atomic mass is 16.5. The van der Waals surface area contributed by atoms with Crippen molar-refractivity contribution in [2.75, 3.05) is 13.2 Å². The van der Waals surface area contributed by atoms with Crippen molar-refractivity contribution in [2.45, 2.75) is 25.9 Å². The molecule has 1 aromatic heterocycles. The van der Waals surface area contributed by atoms with Gasteiger partial charge in [0.2, 0.25) is 0 Å². The molecule has 1 aliphatic rings. The van der Waals surface area contributed by atoms with Crippen LogP contribution < -0.4 is 0 Å². The summed E-state index contributed by atoms with van der Waals surface area (Å²) in [5.41, 5.74) is 0.608. The van der Waals surface area contributed by atoms with Crippen LogP contribution in [-0.4, -0.2) is 23.3 Å². The summed E-state index contributed by atoms with van der Waals surface area (Å²) < 4.78 is 10.6. The number of aliphatic hydroxyl groups is 1. The van der Waals surface area contributed by atoms with Gasteiger partial charge in [-0.1, -0.05) is 0 Å². The number of hydrogen-bond acceptors (Lipinski definition) is 4. The van der Waals surface area contributed by atoms with Crippen molar-refractivity contribution < 1.29 is 14.3 Å². The fraction of sp³-hybridized carbons (Fsp3) is 0.700. The first kappa shape index (κ1) is 9.68. The summed E-state index contributed by atoms with van der Waals surface area (Å²) in [6.07, 6.45) is 4.63. The Hall–Kier alpha value is -0.870. The molecular formula is C10H15NO3. The van der Waals surface area contributed by atoms with E-state index in [1.54, 1.807) is 0 Å². The van der Waals surface area contributed by atoms with E-state index < -0.39 is 0 Å². The first-order valence-corrected chi connectivity index (χ1v) is 5.00. The lowest BCUT2D eigenvalue weighted by Crippen LogP contribution is -2.19. The molecule has 1 atom stereocenters. The molecule has 4 heteroatoms. The molecule has 0 amide bonds. The highest BCUT2D eigenvalue weighted by molar-refractivity contribution is 4.95. The molecule has 0 radical (unpaired) electrons. The molecule has 2 rings (SSSR count). The smallest absolute Gasteiger partial charge is 0.194 e. The Bertz CT molecular complexity index is 279. The number of rotatable bonds is 3. The maximum Gasteiger partial charge on any atom is 0.194 e. The largest absolute Gasteiger partial charge is 0.449 e. The first-order valence-electron chi connectivity index (χ1n) is 5.00. The van der Waals surface area contributed by atoms with Crippen LogP contribution in [0.5, 0.6) is 0 Å². The number of ether oxygens (including phenoxy) is 1. The molecular weight excluding hydrogens is 182 g/mol. The van der Waals surface area contributed by atoms with Crippen LogP contribution in [0.25, 0.3) is 0 Å². The number of nitrogens with zero attached hydrogens (tertiary/aromatic N) is 1. The average molecular weight is 197 g/mol. The minimum atomic E-state index is -0.0509. The van der Waals surface area contributed by atoms with Crippen molar-refractivity contribution in [1.82, 2.24) is 4.98 Å². The van der Waals surface area contributed by atoms with Gasteiger partial charge in [0.25, 0.3) is 0 Å². The van der Waals surface area contributed by atoms with Crippen LogP contribution in [0.2, 0.25) is 0 Å². The van der Waals surface area contributed by atoms with Gasteiger partial charge >= 0.3 is 0 Å². The van der Waals surface area contributed by atoms with Crippen molar-refractivity contribution in [2.24, 2.45) is 5.92 Å². The van der Waals surface area contributed by atoms with E-state index in [4.69, 9.17) is 14.3 Å². The molecule has 1 saturated heterocycles. The van der Waals surface area contributed by atoms with Gasteiger partial charge in [-0.3, -0.25) is 0 Å². The van der Waals surface area contributed by atoms with E-state index in [0.29, 0.717) is 17.5 Å². The van der Waals surface area contributed by atoms with Crippen LogP contribution in [-0.2, 0) is 17.8 Å². The zero-order chi connectivity index (χ0) is 9.80. The molecule has 0 aromatic carbocycles. The van der Waals surface area contributed by atoms with Crippen LogP contribution in [0.1, 0.15) is 24.4 Å². The summed E-state index contributed by atoms with van der Waals surface area (Å²) in [6, 6.07) is 0. The van der Waals surface area contributed by atoms with Crippen molar-refractivity contribution in [3.63, 3.8) is 0 Å². The summed E-state index contributed by atoms with van der Waals surface area (Å²) >= 11 is 0. The molecule has 2 heterocycles. The molecule has 1 N–H and O–H groups in total. The molecule has 1 aliphatic heterocycles. The summed E-state index contributed by atoms with van der Waals surface area (Å²) in [6.45, 7) is 1.63. The molecule has 0 spiro atoms. The standard InChI is InChI=1S/C10H15NO3/c12-5-9-7-14-10(11-9)4-8-2-1-3-13-6-8/h7-8,12H,1-6H2. The monoisotopic (exact) mass is 197 g/mol. The van der Waals surface area contributed by atoms with Gasteiger partial charge in [0.05, 0.1) is 6.61 Å². The van der Waals surface area contributed by atoms with E-state index in [0.717, 1.165) is 26.1 Å². The molecule has 1 unspecified atom stereocenters. The second-order valence-corrected chi connectivity index (χ2v) is 3.68. The van der Waals surface area contributed by atoms with Gasteiger partial charge in [-0.25, -0.2) is 4.98 Å². The van der Waals surface area contributed by atoms with Crippen molar-refractivity contribution in [1.29, 1.82) is 0 Å². The Balaban J connectivity index is 1.89. The normalized spacial score (nSPS) is 22.5. The van der Waals surface area contributed by atoms with Crippen LogP contribution in [0.15, 0.2) is 10.7 Å². The Morgan fingerprint density at radius 3 is 3.14 bits per heavy atom. The van der Waals surface area contributed by atoms with E-state index >= 15 is 0 Å². The third-order valence-corrected chi connectivity index (χ3v) is 2.48. The minimum Gasteiger partial charge on any atom is -0.449 e. The number of hydrogen-bond donors (Lipinski definition) is 1. The topological polar surface area (TPSA) is 55.5 Å². The molecule has 4 nitrogen and oxygen atoms in total. The molecule has 1 aromatic rings. The number of oxazole rings is 1. The molecule has 78 valence electrons. The Morgan fingerprint density at radius 1 is 1.57 bits per heavy atom. The summed E-state index contributed by atoms with van der Waals surface area (Å²) in [5, 5.41) is 8.81. The molecule has 1 fully saturated rings. The van der Waals surface area contributed by atoms with Gasteiger partial charge in [0.15, 0.2) is 5.89 Å². The van der Waals surface area contributed by atoms with Crippen LogP contribution in [0, 0.1) is 5.92 Å². The van der Waals surface area contributed by atoms with Crippen molar-refractivity contribution in [3.8, 4) is 0 Å². The SMILES string of the molecule is OCc1coc(CC2CCCOC2)n1. The zero-order valence-corrected chi connectivity index (χ0v) is 8.11. The maximum absolute atomic E-state index is 8.81. The van der Waals surface area contributed by atoms with Gasteiger partial charge in [-0.05, 0) is 18.8 Å². The summed E-state index contributed by atoms with van der Waals surface area (Å²) in [5.74, 6) is 1.23. The number of aromatic nitrogens is 1. The first-order chi connectivity index (χ1) is 6.88. The lowest BCUT2D eigenvalue weighted by Gasteiger charge is -2.20. The van der Waals surface area contributed by atoms with Gasteiger partial charge in [0.1, 0.15) is 12.0 Å². The van der Waals surface area contributed by atoms with E-state index in [9.17, 15) is 0 Å². The number of aliphatic hydroxyl groups excluding tert-OH is 1. The summed E-state index contributed by atoms with van der Waals surface area (Å²) in [4.78, 5) is 4.15. The third kappa shape index (κ3) is 2.33. The maximum atomic E-state index is 8.81. The highest BCUT2D eigenvalue weighted by Gasteiger charge is 2.16. The van der Waals surface area contributed by atoms with Gasteiger partial charge in [-0.2, -0.15) is 0 Å². The third-order valence-electron chi connectivity index (χ3n) is 2.48. The molecule has 0 aliphatic carbocycles. The van der Waals surface area contributed by atoms with E-state index in [2.05, 4.69) is 4.98 Å². The predicted molar refractivity (Wildman–Crippen MR) is 49.7 cm³/mol. The second kappa shape index (κ2) is 4.57. The van der Waals surface area contributed by atoms with Crippen molar-refractivity contribution >= 4 is 0 Å². The second-order valence-electron chi connectivity index (χ2n) is 3.68. The van der Waals surface area contributed by atoms with E-state index in [1.165, 1.54) is 12.7 Å². The quantitative estimate of drug-likeness (QED) is 0.789. The molecule has 0 saturated carbocycles. The molecule has 0 bridgehead atoms. The summed E-state index contributed by atoms with van der Waals surface area (Å²) in [7, 11) is 0. The predicted octanol–water partition coefficient (Wildman–Crippen LogP) is 1.14. The van der Waals surface area contributed by atoms with Gasteiger partial charge in [0, 0.05) is 19.6 Å². The lowest BCUT2D eigenvalue weighted by atomic mass is 9.99. The van der Waals surface area contributed by atoms with Gasteiger partial charge < -0.3 is 14.3 Å². The van der Waals surface area contributed by atoms with Crippen molar-refractivity contribution in [3.05, 3.63) is 17.8 Å². The average Bonchev–Trinajstić information content (AvgIpc) is 2.67. The highest BCUT2D eigenvalue weighted by Crippen LogP contribution is 2.18. The van der Waals surface area contributed by atoms with Gasteiger partial charge in [-0.15, -0.1) is 0 Å². The fourth-order valence-corrected chi connectivity index (χ4v) is 1.73. The Labute approximate surface area is 82.9 Å². The molecule has 14 heavy (non-hydrogen) atoms. The lowest BCUT2D eigenvalue weighted by molar-refractivity contribution is 0.0526. The van der Waals surface area contributed by atoms with E-state index in [1.807, 2.05) is 0 Å².